The smallest absolute Gasteiger partial charge is 0.479 e. The Morgan fingerprint density at radius 3 is 2.17 bits per heavy atom. The summed E-state index contributed by atoms with van der Waals surface area (Å²) < 4.78 is 8.88. The van der Waals surface area contributed by atoms with Crippen LogP contribution >= 0.6 is 0 Å². The van der Waals surface area contributed by atoms with E-state index in [4.69, 9.17) is 5.11 Å². The summed E-state index contributed by atoms with van der Waals surface area (Å²) in [5, 5.41) is 8.13. The number of hydrogen-bond donors (Lipinski definition) is 1. The van der Waals surface area contributed by atoms with Crippen molar-refractivity contribution in [3.05, 3.63) is 0 Å². The number of ether oxygens (including phenoxy) is 2. The fourth-order valence-electron chi connectivity index (χ4n) is 0.400. The van der Waals surface area contributed by atoms with E-state index in [-0.39, 0.29) is 0 Å². The summed E-state index contributed by atoms with van der Waals surface area (Å²) in [4.78, 5) is 20.6. The highest BCUT2D eigenvalue weighted by atomic mass is 16.7. The molecular formula is C7H12O5. The van der Waals surface area contributed by atoms with Crippen LogP contribution in [0.2, 0.25) is 0 Å². The number of carboxylic acid groups (broad SMARTS) is 1. The van der Waals surface area contributed by atoms with Crippen molar-refractivity contribution < 1.29 is 24.2 Å². The van der Waals surface area contributed by atoms with Crippen LogP contribution in [0.1, 0.15) is 20.8 Å². The summed E-state index contributed by atoms with van der Waals surface area (Å²) in [6.45, 7) is 4.31. The fourth-order valence-corrected chi connectivity index (χ4v) is 0.400. The third-order valence-electron chi connectivity index (χ3n) is 0.703. The second kappa shape index (κ2) is 3.94. The first-order valence-corrected chi connectivity index (χ1v) is 3.39. The molecule has 12 heavy (non-hydrogen) atoms. The molecule has 70 valence electrons. The van der Waals surface area contributed by atoms with Crippen LogP contribution in [0.15, 0.2) is 0 Å². The Bertz CT molecular complexity index is 179. The molecule has 0 radical (unpaired) electrons. The van der Waals surface area contributed by atoms with Gasteiger partial charge in [-0.05, 0) is 20.8 Å². The van der Waals surface area contributed by atoms with Gasteiger partial charge in [-0.25, -0.2) is 9.59 Å². The summed E-state index contributed by atoms with van der Waals surface area (Å²) >= 11 is 0. The van der Waals surface area contributed by atoms with Gasteiger partial charge in [0.15, 0.2) is 6.61 Å². The largest absolute Gasteiger partial charge is 0.509 e. The average molecular weight is 176 g/mol. The molecule has 0 aliphatic heterocycles. The highest BCUT2D eigenvalue weighted by Crippen LogP contribution is 2.07. The summed E-state index contributed by atoms with van der Waals surface area (Å²) in [6, 6.07) is 0. The van der Waals surface area contributed by atoms with Crippen LogP contribution in [0.3, 0.4) is 0 Å². The second-order valence-corrected chi connectivity index (χ2v) is 3.15. The first kappa shape index (κ1) is 10.7. The first-order valence-electron chi connectivity index (χ1n) is 3.39. The Balaban J connectivity index is 3.68. The average Bonchev–Trinajstić information content (AvgIpc) is 1.79. The Morgan fingerprint density at radius 1 is 1.33 bits per heavy atom. The minimum absolute atomic E-state index is 0.657. The molecule has 5 nitrogen and oxygen atoms in total. The van der Waals surface area contributed by atoms with Gasteiger partial charge < -0.3 is 14.6 Å². The molecule has 1 N–H and O–H groups in total. The van der Waals surface area contributed by atoms with Crippen LogP contribution in [0.5, 0.6) is 0 Å². The third kappa shape index (κ3) is 6.85. The quantitative estimate of drug-likeness (QED) is 0.636. The molecule has 0 aromatic rings. The first-order chi connectivity index (χ1) is 5.31. The molecule has 0 saturated heterocycles. The lowest BCUT2D eigenvalue weighted by Crippen LogP contribution is -2.25. The third-order valence-corrected chi connectivity index (χ3v) is 0.703. The molecule has 0 aromatic heterocycles. The second-order valence-electron chi connectivity index (χ2n) is 3.15. The van der Waals surface area contributed by atoms with E-state index in [0.717, 1.165) is 0 Å². The van der Waals surface area contributed by atoms with Crippen LogP contribution < -0.4 is 0 Å². The highest BCUT2D eigenvalue weighted by molar-refractivity contribution is 5.71. The number of carbonyl (C=O) groups is 2. The predicted octanol–water partition coefficient (Wildman–Crippen LogP) is 1.02. The zero-order chi connectivity index (χ0) is 9.78. The van der Waals surface area contributed by atoms with E-state index in [2.05, 4.69) is 9.47 Å². The van der Waals surface area contributed by atoms with Gasteiger partial charge in [0.05, 0.1) is 0 Å². The van der Waals surface area contributed by atoms with Crippen LogP contribution in [0.4, 0.5) is 4.79 Å². The van der Waals surface area contributed by atoms with Crippen LogP contribution in [-0.2, 0) is 14.3 Å². The lowest BCUT2D eigenvalue weighted by Gasteiger charge is -2.18. The molecular weight excluding hydrogens is 164 g/mol. The summed E-state index contributed by atoms with van der Waals surface area (Å²) in [5.41, 5.74) is -0.657. The van der Waals surface area contributed by atoms with E-state index in [1.165, 1.54) is 0 Å². The Morgan fingerprint density at radius 2 is 1.83 bits per heavy atom. The lowest BCUT2D eigenvalue weighted by atomic mass is 10.2. The van der Waals surface area contributed by atoms with E-state index >= 15 is 0 Å². The SMILES string of the molecule is CC(C)(C)OC(=O)OCC(=O)O. The van der Waals surface area contributed by atoms with E-state index in [0.29, 0.717) is 0 Å². The van der Waals surface area contributed by atoms with Gasteiger partial charge in [-0.1, -0.05) is 0 Å². The molecule has 0 rings (SSSR count). The normalized spacial score (nSPS) is 10.6. The topological polar surface area (TPSA) is 72.8 Å². The summed E-state index contributed by atoms with van der Waals surface area (Å²) in [6.07, 6.45) is -0.968. The van der Waals surface area contributed by atoms with Crippen LogP contribution in [0.25, 0.3) is 0 Å². The number of aliphatic carboxylic acids is 1. The standard InChI is InChI=1S/C7H12O5/c1-7(2,3)12-6(10)11-4-5(8)9/h4H2,1-3H3,(H,8,9). The van der Waals surface area contributed by atoms with Gasteiger partial charge in [-0.2, -0.15) is 0 Å². The summed E-state index contributed by atoms with van der Waals surface area (Å²) in [7, 11) is 0. The molecule has 0 spiro atoms. The van der Waals surface area contributed by atoms with Crippen LogP contribution in [0, 0.1) is 0 Å². The van der Waals surface area contributed by atoms with Gasteiger partial charge in [0.25, 0.3) is 0 Å². The van der Waals surface area contributed by atoms with Crippen molar-refractivity contribution in [2.24, 2.45) is 0 Å². The van der Waals surface area contributed by atoms with E-state index in [1.54, 1.807) is 20.8 Å². The molecule has 0 atom stereocenters. The lowest BCUT2D eigenvalue weighted by molar-refractivity contribution is -0.141. The van der Waals surface area contributed by atoms with Crippen molar-refractivity contribution in [2.75, 3.05) is 6.61 Å². The minimum atomic E-state index is -1.21. The van der Waals surface area contributed by atoms with Crippen molar-refractivity contribution in [1.82, 2.24) is 0 Å². The van der Waals surface area contributed by atoms with E-state index in [9.17, 15) is 9.59 Å². The molecule has 0 amide bonds. The maximum atomic E-state index is 10.7. The highest BCUT2D eigenvalue weighted by Gasteiger charge is 2.17. The molecule has 0 bridgehead atoms. The van der Waals surface area contributed by atoms with Gasteiger partial charge >= 0.3 is 12.1 Å². The number of carboxylic acids is 1. The zero-order valence-electron chi connectivity index (χ0n) is 7.29. The minimum Gasteiger partial charge on any atom is -0.479 e. The Kier molecular flexibility index (Phi) is 3.53. The Labute approximate surface area is 70.3 Å². The summed E-state index contributed by atoms with van der Waals surface area (Å²) in [5.74, 6) is -1.21. The maximum Gasteiger partial charge on any atom is 0.509 e. The van der Waals surface area contributed by atoms with Gasteiger partial charge in [0.1, 0.15) is 5.60 Å². The predicted molar refractivity (Wildman–Crippen MR) is 39.8 cm³/mol. The number of carbonyl (C=O) groups excluding carboxylic acids is 1. The van der Waals surface area contributed by atoms with E-state index in [1.807, 2.05) is 0 Å². The molecule has 0 unspecified atom stereocenters. The molecule has 0 aliphatic rings. The Hall–Kier alpha value is -1.26. The zero-order valence-corrected chi connectivity index (χ0v) is 7.29. The van der Waals surface area contributed by atoms with Crippen molar-refractivity contribution in [3.63, 3.8) is 0 Å². The monoisotopic (exact) mass is 176 g/mol. The van der Waals surface area contributed by atoms with Crippen molar-refractivity contribution in [1.29, 1.82) is 0 Å². The van der Waals surface area contributed by atoms with Gasteiger partial charge in [-0.3, -0.25) is 0 Å². The molecule has 0 heterocycles. The van der Waals surface area contributed by atoms with Gasteiger partial charge in [0.2, 0.25) is 0 Å². The molecule has 0 fully saturated rings. The van der Waals surface area contributed by atoms with Gasteiger partial charge in [0, 0.05) is 0 Å². The van der Waals surface area contributed by atoms with Crippen LogP contribution in [-0.4, -0.2) is 29.4 Å². The van der Waals surface area contributed by atoms with E-state index < -0.39 is 24.3 Å². The van der Waals surface area contributed by atoms with Crippen molar-refractivity contribution in [2.45, 2.75) is 26.4 Å². The fraction of sp³-hybridized carbons (Fsp3) is 0.714. The van der Waals surface area contributed by atoms with Gasteiger partial charge in [-0.15, -0.1) is 0 Å². The maximum absolute atomic E-state index is 10.7. The number of hydrogen-bond acceptors (Lipinski definition) is 4. The van der Waals surface area contributed by atoms with Crippen molar-refractivity contribution >= 4 is 12.1 Å². The molecule has 0 aliphatic carbocycles. The van der Waals surface area contributed by atoms with Crippen molar-refractivity contribution in [3.8, 4) is 0 Å². The molecule has 5 heteroatoms. The number of rotatable bonds is 2. The molecule has 0 saturated carbocycles. The molecule has 0 aromatic carbocycles.